The average molecular weight is 428 g/mol. The van der Waals surface area contributed by atoms with E-state index in [1.54, 1.807) is 0 Å². The maximum absolute atomic E-state index is 12.9. The second kappa shape index (κ2) is 7.69. The Hall–Kier alpha value is -3.56. The zero-order chi connectivity index (χ0) is 22.1. The first-order valence-electron chi connectivity index (χ1n) is 8.31. The molecule has 4 nitrogen and oxygen atoms in total. The Kier molecular flexibility index (Phi) is 5.43. The van der Waals surface area contributed by atoms with Crippen molar-refractivity contribution in [2.75, 3.05) is 11.5 Å². The molecule has 3 rings (SSSR count). The van der Waals surface area contributed by atoms with Crippen molar-refractivity contribution in [1.29, 1.82) is 0 Å². The first-order valence-corrected chi connectivity index (χ1v) is 8.31. The van der Waals surface area contributed by atoms with Crippen LogP contribution in [-0.2, 0) is 12.4 Å². The normalized spacial score (nSPS) is 11.9. The van der Waals surface area contributed by atoms with Gasteiger partial charge in [-0.1, -0.05) is 0 Å². The first-order chi connectivity index (χ1) is 13.9. The van der Waals surface area contributed by atoms with Gasteiger partial charge in [-0.15, -0.1) is 0 Å². The second-order valence-corrected chi connectivity index (χ2v) is 6.25. The summed E-state index contributed by atoms with van der Waals surface area (Å²) in [6.45, 7) is 0. The molecule has 0 unspecified atom stereocenters. The predicted octanol–water partition coefficient (Wildman–Crippen LogP) is 6.47. The van der Waals surface area contributed by atoms with E-state index in [9.17, 15) is 26.3 Å². The molecule has 0 heterocycles. The molecule has 30 heavy (non-hydrogen) atoms. The quantitative estimate of drug-likeness (QED) is 0.369. The van der Waals surface area contributed by atoms with Gasteiger partial charge in [-0.3, -0.25) is 0 Å². The smallest absolute Gasteiger partial charge is 0.416 e. The van der Waals surface area contributed by atoms with Crippen LogP contribution in [0.4, 0.5) is 37.7 Å². The summed E-state index contributed by atoms with van der Waals surface area (Å²) in [7, 11) is 0. The molecule has 3 aromatic carbocycles. The predicted molar refractivity (Wildman–Crippen MR) is 98.3 cm³/mol. The molecule has 158 valence electrons. The van der Waals surface area contributed by atoms with Crippen LogP contribution in [0, 0.1) is 0 Å². The molecule has 0 aliphatic rings. The third kappa shape index (κ3) is 5.28. The van der Waals surface area contributed by atoms with Gasteiger partial charge in [0, 0.05) is 23.5 Å². The SMILES string of the molecule is Nc1cc(Oc2ccc(Oc3cc(N)cc(C(F)(F)F)c3)cc2)cc(C(F)(F)F)c1. The average Bonchev–Trinajstić information content (AvgIpc) is 2.61. The number of hydrogen-bond acceptors (Lipinski definition) is 4. The summed E-state index contributed by atoms with van der Waals surface area (Å²) in [5.74, 6) is 0.0950. The minimum Gasteiger partial charge on any atom is -0.457 e. The maximum atomic E-state index is 12.9. The molecule has 4 N–H and O–H groups in total. The summed E-state index contributed by atoms with van der Waals surface area (Å²) < 4.78 is 88.0. The van der Waals surface area contributed by atoms with Crippen molar-refractivity contribution in [1.82, 2.24) is 0 Å². The van der Waals surface area contributed by atoms with Crippen LogP contribution in [0.15, 0.2) is 60.7 Å². The number of nitrogen functional groups attached to an aromatic ring is 2. The lowest BCUT2D eigenvalue weighted by molar-refractivity contribution is -0.138. The lowest BCUT2D eigenvalue weighted by atomic mass is 10.2. The molecule has 0 saturated carbocycles. The Bertz CT molecular complexity index is 962. The topological polar surface area (TPSA) is 70.5 Å². The van der Waals surface area contributed by atoms with E-state index in [-0.39, 0.29) is 34.4 Å². The van der Waals surface area contributed by atoms with Crippen molar-refractivity contribution >= 4 is 11.4 Å². The van der Waals surface area contributed by atoms with Crippen LogP contribution >= 0.6 is 0 Å². The van der Waals surface area contributed by atoms with Crippen molar-refractivity contribution in [3.63, 3.8) is 0 Å². The molecular formula is C20H14F6N2O2. The lowest BCUT2D eigenvalue weighted by Crippen LogP contribution is -2.06. The van der Waals surface area contributed by atoms with Crippen molar-refractivity contribution in [2.24, 2.45) is 0 Å². The van der Waals surface area contributed by atoms with Crippen LogP contribution in [-0.4, -0.2) is 0 Å². The third-order valence-electron chi connectivity index (χ3n) is 3.81. The number of nitrogens with two attached hydrogens (primary N) is 2. The minimum absolute atomic E-state index is 0.123. The lowest BCUT2D eigenvalue weighted by Gasteiger charge is -2.13. The number of rotatable bonds is 4. The fourth-order valence-electron chi connectivity index (χ4n) is 2.54. The Labute approximate surface area is 166 Å². The zero-order valence-electron chi connectivity index (χ0n) is 15.0. The first kappa shape index (κ1) is 21.2. The Morgan fingerprint density at radius 2 is 0.833 bits per heavy atom. The molecule has 0 bridgehead atoms. The van der Waals surface area contributed by atoms with Gasteiger partial charge < -0.3 is 20.9 Å². The number of anilines is 2. The molecular weight excluding hydrogens is 414 g/mol. The summed E-state index contributed by atoms with van der Waals surface area (Å²) in [6.07, 6.45) is -9.17. The molecule has 0 aliphatic carbocycles. The summed E-state index contributed by atoms with van der Waals surface area (Å²) in [4.78, 5) is 0. The number of benzene rings is 3. The number of hydrogen-bond donors (Lipinski definition) is 2. The van der Waals surface area contributed by atoms with Crippen LogP contribution in [0.2, 0.25) is 0 Å². The van der Waals surface area contributed by atoms with Crippen molar-refractivity contribution in [2.45, 2.75) is 12.4 Å². The van der Waals surface area contributed by atoms with Crippen LogP contribution in [0.25, 0.3) is 0 Å². The van der Waals surface area contributed by atoms with Gasteiger partial charge in [-0.25, -0.2) is 0 Å². The second-order valence-electron chi connectivity index (χ2n) is 6.25. The van der Waals surface area contributed by atoms with E-state index < -0.39 is 23.5 Å². The molecule has 0 atom stereocenters. The van der Waals surface area contributed by atoms with E-state index in [0.717, 1.165) is 24.3 Å². The van der Waals surface area contributed by atoms with Crippen LogP contribution in [0.1, 0.15) is 11.1 Å². The van der Waals surface area contributed by atoms with E-state index >= 15 is 0 Å². The van der Waals surface area contributed by atoms with Crippen LogP contribution in [0.5, 0.6) is 23.0 Å². The molecule has 0 aliphatic heterocycles. The molecule has 3 aromatic rings. The zero-order valence-corrected chi connectivity index (χ0v) is 15.0. The van der Waals surface area contributed by atoms with E-state index in [1.165, 1.54) is 36.4 Å². The van der Waals surface area contributed by atoms with Gasteiger partial charge in [-0.05, 0) is 48.5 Å². The number of ether oxygens (including phenoxy) is 2. The van der Waals surface area contributed by atoms with Gasteiger partial charge in [0.25, 0.3) is 0 Å². The van der Waals surface area contributed by atoms with E-state index in [1.807, 2.05) is 0 Å². The summed E-state index contributed by atoms with van der Waals surface area (Å²) in [5.41, 5.74) is 8.80. The van der Waals surface area contributed by atoms with Gasteiger partial charge in [0.05, 0.1) is 11.1 Å². The van der Waals surface area contributed by atoms with Gasteiger partial charge in [0.15, 0.2) is 0 Å². The number of halogens is 6. The highest BCUT2D eigenvalue weighted by Gasteiger charge is 2.32. The van der Waals surface area contributed by atoms with E-state index in [0.29, 0.717) is 0 Å². The highest BCUT2D eigenvalue weighted by molar-refractivity contribution is 5.51. The summed E-state index contributed by atoms with van der Waals surface area (Å²) >= 11 is 0. The highest BCUT2D eigenvalue weighted by Crippen LogP contribution is 2.37. The molecule has 0 amide bonds. The largest absolute Gasteiger partial charge is 0.457 e. The Balaban J connectivity index is 1.77. The molecule has 0 radical (unpaired) electrons. The van der Waals surface area contributed by atoms with Gasteiger partial charge in [-0.2, -0.15) is 26.3 Å². The monoisotopic (exact) mass is 428 g/mol. The van der Waals surface area contributed by atoms with Crippen LogP contribution < -0.4 is 20.9 Å². The standard InChI is InChI=1S/C20H14F6N2O2/c21-19(22,23)11-5-13(27)9-17(7-11)29-15-1-2-16(4-3-15)30-18-8-12(20(24,25)26)6-14(28)10-18/h1-10H,27-28H2. The molecule has 10 heteroatoms. The minimum atomic E-state index is -4.59. The van der Waals surface area contributed by atoms with Gasteiger partial charge in [0.2, 0.25) is 0 Å². The molecule has 0 saturated heterocycles. The summed E-state index contributed by atoms with van der Waals surface area (Å²) in [5, 5.41) is 0. The summed E-state index contributed by atoms with van der Waals surface area (Å²) in [6, 6.07) is 11.1. The van der Waals surface area contributed by atoms with Crippen molar-refractivity contribution < 1.29 is 35.8 Å². The third-order valence-corrected chi connectivity index (χ3v) is 3.81. The van der Waals surface area contributed by atoms with E-state index in [4.69, 9.17) is 20.9 Å². The number of alkyl halides is 6. The fourth-order valence-corrected chi connectivity index (χ4v) is 2.54. The molecule has 0 aromatic heterocycles. The van der Waals surface area contributed by atoms with Crippen LogP contribution in [0.3, 0.4) is 0 Å². The molecule has 0 spiro atoms. The maximum Gasteiger partial charge on any atom is 0.416 e. The van der Waals surface area contributed by atoms with Crippen molar-refractivity contribution in [3.05, 3.63) is 71.8 Å². The Morgan fingerprint density at radius 3 is 1.13 bits per heavy atom. The highest BCUT2D eigenvalue weighted by atomic mass is 19.4. The van der Waals surface area contributed by atoms with Gasteiger partial charge >= 0.3 is 12.4 Å². The Morgan fingerprint density at radius 1 is 0.500 bits per heavy atom. The van der Waals surface area contributed by atoms with Crippen molar-refractivity contribution in [3.8, 4) is 23.0 Å². The molecule has 0 fully saturated rings. The van der Waals surface area contributed by atoms with Gasteiger partial charge in [0.1, 0.15) is 23.0 Å². The van der Waals surface area contributed by atoms with E-state index in [2.05, 4.69) is 0 Å². The fraction of sp³-hybridized carbons (Fsp3) is 0.100.